The van der Waals surface area contributed by atoms with Crippen LogP contribution in [0.5, 0.6) is 5.75 Å². The summed E-state index contributed by atoms with van der Waals surface area (Å²) in [5, 5.41) is 13.2. The quantitative estimate of drug-likeness (QED) is 0.441. The third kappa shape index (κ3) is 4.50. The van der Waals surface area contributed by atoms with Gasteiger partial charge in [-0.15, -0.1) is 0 Å². The number of nitrogens with one attached hydrogen (secondary N) is 1. The van der Waals surface area contributed by atoms with Crippen LogP contribution in [0.15, 0.2) is 52.5 Å². The fourth-order valence-electron chi connectivity index (χ4n) is 2.36. The van der Waals surface area contributed by atoms with Gasteiger partial charge in [0.2, 0.25) is 0 Å². The normalized spacial score (nSPS) is 12.3. The van der Waals surface area contributed by atoms with E-state index >= 15 is 0 Å². The number of esters is 1. The number of fused-ring (bicyclic) bond motifs is 1. The van der Waals surface area contributed by atoms with E-state index in [1.54, 1.807) is 18.2 Å². The van der Waals surface area contributed by atoms with Gasteiger partial charge in [-0.3, -0.25) is 14.9 Å². The largest absolute Gasteiger partial charge is 0.488 e. The lowest BCUT2D eigenvalue weighted by atomic mass is 10.1. The average molecular weight is 433 g/mol. The first-order valence-corrected chi connectivity index (χ1v) is 8.56. The number of hydrogen-bond acceptors (Lipinski definition) is 6. The smallest absolute Gasteiger partial charge is 0.338 e. The third-order valence-corrected chi connectivity index (χ3v) is 4.32. The van der Waals surface area contributed by atoms with Gasteiger partial charge >= 0.3 is 5.97 Å². The summed E-state index contributed by atoms with van der Waals surface area (Å²) < 4.78 is 10.8. The highest BCUT2D eigenvalue weighted by Gasteiger charge is 2.19. The van der Waals surface area contributed by atoms with Gasteiger partial charge in [0.05, 0.1) is 16.2 Å². The van der Waals surface area contributed by atoms with E-state index < -0.39 is 23.4 Å². The van der Waals surface area contributed by atoms with Gasteiger partial charge in [-0.1, -0.05) is 18.2 Å². The van der Waals surface area contributed by atoms with E-state index in [2.05, 4.69) is 21.2 Å². The minimum Gasteiger partial charge on any atom is -0.488 e. The lowest BCUT2D eigenvalue weighted by Gasteiger charge is -2.16. The van der Waals surface area contributed by atoms with E-state index in [0.717, 1.165) is 5.56 Å². The molecule has 0 aromatic heterocycles. The number of amides is 1. The standard InChI is InChI=1S/C18H13BrN2O6/c19-14-8-13(21(24)25)5-6-15(14)20-17(22)10-27-18(23)12-7-11-3-1-2-4-16(11)26-9-12/h1-8H,9-10H2,(H,20,22). The van der Waals surface area contributed by atoms with Crippen LogP contribution in [0, 0.1) is 10.1 Å². The summed E-state index contributed by atoms with van der Waals surface area (Å²) in [7, 11) is 0. The first-order chi connectivity index (χ1) is 12.9. The molecule has 8 nitrogen and oxygen atoms in total. The summed E-state index contributed by atoms with van der Waals surface area (Å²) in [5.74, 6) is -0.548. The van der Waals surface area contributed by atoms with Gasteiger partial charge in [0.15, 0.2) is 6.61 Å². The third-order valence-electron chi connectivity index (χ3n) is 3.67. The molecule has 1 heterocycles. The van der Waals surface area contributed by atoms with Gasteiger partial charge in [-0.05, 0) is 34.1 Å². The van der Waals surface area contributed by atoms with Crippen molar-refractivity contribution < 1.29 is 24.0 Å². The van der Waals surface area contributed by atoms with Crippen molar-refractivity contribution >= 4 is 45.3 Å². The molecular weight excluding hydrogens is 420 g/mol. The molecule has 0 unspecified atom stereocenters. The fourth-order valence-corrected chi connectivity index (χ4v) is 2.83. The predicted octanol–water partition coefficient (Wildman–Crippen LogP) is 3.32. The number of nitro benzene ring substituents is 1. The molecule has 0 radical (unpaired) electrons. The first kappa shape index (κ1) is 18.6. The van der Waals surface area contributed by atoms with E-state index in [4.69, 9.17) is 9.47 Å². The number of nitro groups is 1. The van der Waals surface area contributed by atoms with Crippen LogP contribution in [0.25, 0.3) is 6.08 Å². The van der Waals surface area contributed by atoms with E-state index in [9.17, 15) is 19.7 Å². The second-order valence-electron chi connectivity index (χ2n) is 5.54. The molecule has 0 atom stereocenters. The van der Waals surface area contributed by atoms with Crippen LogP contribution >= 0.6 is 15.9 Å². The number of non-ortho nitro benzene ring substituents is 1. The van der Waals surface area contributed by atoms with Crippen molar-refractivity contribution in [1.29, 1.82) is 0 Å². The molecule has 27 heavy (non-hydrogen) atoms. The average Bonchev–Trinajstić information content (AvgIpc) is 2.67. The summed E-state index contributed by atoms with van der Waals surface area (Å²) in [6.07, 6.45) is 1.66. The summed E-state index contributed by atoms with van der Waals surface area (Å²) >= 11 is 3.15. The molecule has 0 saturated carbocycles. The number of anilines is 1. The lowest BCUT2D eigenvalue weighted by molar-refractivity contribution is -0.384. The van der Waals surface area contributed by atoms with Gasteiger partial charge in [-0.25, -0.2) is 4.79 Å². The zero-order valence-corrected chi connectivity index (χ0v) is 15.4. The van der Waals surface area contributed by atoms with Crippen molar-refractivity contribution in [3.8, 4) is 5.75 Å². The monoisotopic (exact) mass is 432 g/mol. The lowest BCUT2D eigenvalue weighted by Crippen LogP contribution is -2.24. The van der Waals surface area contributed by atoms with E-state index in [-0.39, 0.29) is 12.3 Å². The van der Waals surface area contributed by atoms with Crippen LogP contribution < -0.4 is 10.1 Å². The number of rotatable bonds is 5. The Morgan fingerprint density at radius 1 is 1.26 bits per heavy atom. The maximum atomic E-state index is 12.1. The Morgan fingerprint density at radius 2 is 2.04 bits per heavy atom. The highest BCUT2D eigenvalue weighted by Crippen LogP contribution is 2.27. The van der Waals surface area contributed by atoms with Crippen LogP contribution in [-0.4, -0.2) is 30.0 Å². The summed E-state index contributed by atoms with van der Waals surface area (Å²) in [4.78, 5) is 34.3. The Balaban J connectivity index is 1.57. The molecule has 2 aromatic rings. The molecule has 9 heteroatoms. The predicted molar refractivity (Wildman–Crippen MR) is 100 cm³/mol. The van der Waals surface area contributed by atoms with Crippen molar-refractivity contribution in [3.05, 3.63) is 68.2 Å². The Labute approximate surface area is 162 Å². The maximum absolute atomic E-state index is 12.1. The van der Waals surface area contributed by atoms with Crippen LogP contribution in [0.2, 0.25) is 0 Å². The fraction of sp³-hybridized carbons (Fsp3) is 0.111. The number of nitrogens with zero attached hydrogens (tertiary/aromatic N) is 1. The van der Waals surface area contributed by atoms with Crippen LogP contribution in [0.1, 0.15) is 5.56 Å². The van der Waals surface area contributed by atoms with Gasteiger partial charge in [0.25, 0.3) is 11.6 Å². The van der Waals surface area contributed by atoms with Crippen LogP contribution in [0.3, 0.4) is 0 Å². The van der Waals surface area contributed by atoms with Gasteiger partial charge in [0, 0.05) is 22.2 Å². The van der Waals surface area contributed by atoms with Gasteiger partial charge < -0.3 is 14.8 Å². The minimum atomic E-state index is -0.651. The Bertz CT molecular complexity index is 957. The van der Waals surface area contributed by atoms with E-state index in [1.165, 1.54) is 18.2 Å². The minimum absolute atomic E-state index is 0.0609. The molecule has 1 aliphatic heterocycles. The number of benzene rings is 2. The first-order valence-electron chi connectivity index (χ1n) is 7.77. The van der Waals surface area contributed by atoms with Crippen molar-refractivity contribution in [2.24, 2.45) is 0 Å². The molecule has 138 valence electrons. The molecule has 0 fully saturated rings. The number of ether oxygens (including phenoxy) is 2. The molecule has 3 rings (SSSR count). The number of carbonyl (C=O) groups excluding carboxylic acids is 2. The number of carbonyl (C=O) groups is 2. The highest BCUT2D eigenvalue weighted by molar-refractivity contribution is 9.10. The molecule has 1 aliphatic rings. The number of para-hydroxylation sites is 1. The molecule has 0 bridgehead atoms. The Hall–Kier alpha value is -3.20. The highest BCUT2D eigenvalue weighted by atomic mass is 79.9. The maximum Gasteiger partial charge on any atom is 0.338 e. The van der Waals surface area contributed by atoms with Gasteiger partial charge in [0.1, 0.15) is 12.4 Å². The van der Waals surface area contributed by atoms with Crippen LogP contribution in [0.4, 0.5) is 11.4 Å². The van der Waals surface area contributed by atoms with Gasteiger partial charge in [-0.2, -0.15) is 0 Å². The molecular formula is C18H13BrN2O6. The molecule has 0 saturated heterocycles. The Morgan fingerprint density at radius 3 is 2.78 bits per heavy atom. The Kier molecular flexibility index (Phi) is 5.51. The zero-order valence-electron chi connectivity index (χ0n) is 13.8. The number of halogens is 1. The molecule has 1 amide bonds. The van der Waals surface area contributed by atoms with Crippen molar-refractivity contribution in [1.82, 2.24) is 0 Å². The SMILES string of the molecule is O=C(COC(=O)C1=Cc2ccccc2OC1)Nc1ccc([N+](=O)[O-])cc1Br. The molecule has 1 N–H and O–H groups in total. The summed E-state index contributed by atoms with van der Waals surface area (Å²) in [6.45, 7) is -0.438. The second kappa shape index (κ2) is 8.00. The van der Waals surface area contributed by atoms with Crippen molar-refractivity contribution in [2.75, 3.05) is 18.5 Å². The second-order valence-corrected chi connectivity index (χ2v) is 6.40. The summed E-state index contributed by atoms with van der Waals surface area (Å²) in [6, 6.07) is 11.2. The van der Waals surface area contributed by atoms with E-state index in [1.807, 2.05) is 12.1 Å². The molecule has 2 aromatic carbocycles. The number of hydrogen-bond donors (Lipinski definition) is 1. The molecule has 0 spiro atoms. The van der Waals surface area contributed by atoms with Crippen LogP contribution in [-0.2, 0) is 14.3 Å². The van der Waals surface area contributed by atoms with Crippen molar-refractivity contribution in [3.63, 3.8) is 0 Å². The zero-order chi connectivity index (χ0) is 19.4. The molecule has 0 aliphatic carbocycles. The summed E-state index contributed by atoms with van der Waals surface area (Å²) in [5.41, 5.74) is 1.28. The van der Waals surface area contributed by atoms with Crippen molar-refractivity contribution in [2.45, 2.75) is 0 Å². The topological polar surface area (TPSA) is 108 Å². The van der Waals surface area contributed by atoms with E-state index in [0.29, 0.717) is 21.5 Å².